The number of carbonyl (C=O) groups is 2. The Labute approximate surface area is 145 Å². The third-order valence-corrected chi connectivity index (χ3v) is 4.55. The van der Waals surface area contributed by atoms with Gasteiger partial charge in [0.2, 0.25) is 11.8 Å². The first-order chi connectivity index (χ1) is 11.4. The van der Waals surface area contributed by atoms with Crippen LogP contribution < -0.4 is 16.4 Å². The number of aromatic nitrogens is 1. The fraction of sp³-hybridized carbons (Fsp3) is 0.353. The summed E-state index contributed by atoms with van der Waals surface area (Å²) in [5.41, 5.74) is 8.33. The van der Waals surface area contributed by atoms with E-state index in [1.54, 1.807) is 0 Å². The molecule has 0 radical (unpaired) electrons. The molecule has 6 nitrogen and oxygen atoms in total. The van der Waals surface area contributed by atoms with Gasteiger partial charge in [0.05, 0.1) is 11.7 Å². The average Bonchev–Trinajstić information content (AvgIpc) is 3.01. The number of hydrogen-bond acceptors (Lipinski definition) is 5. The van der Waals surface area contributed by atoms with Gasteiger partial charge in [-0.3, -0.25) is 9.59 Å². The monoisotopic (exact) mass is 346 g/mol. The number of nitrogens with zero attached hydrogens (tertiary/aromatic N) is 1. The zero-order valence-corrected chi connectivity index (χ0v) is 14.8. The van der Waals surface area contributed by atoms with Gasteiger partial charge in [0.1, 0.15) is 0 Å². The van der Waals surface area contributed by atoms with E-state index in [-0.39, 0.29) is 17.7 Å². The van der Waals surface area contributed by atoms with Crippen LogP contribution in [-0.2, 0) is 9.59 Å². The van der Waals surface area contributed by atoms with Gasteiger partial charge >= 0.3 is 0 Å². The van der Waals surface area contributed by atoms with Crippen LogP contribution >= 0.6 is 11.3 Å². The molecule has 0 saturated carbocycles. The Morgan fingerprint density at radius 1 is 1.25 bits per heavy atom. The number of anilines is 2. The third kappa shape index (κ3) is 4.62. The van der Waals surface area contributed by atoms with E-state index in [2.05, 4.69) is 15.6 Å². The molecule has 1 aromatic heterocycles. The van der Waals surface area contributed by atoms with Crippen LogP contribution in [0.25, 0.3) is 11.3 Å². The highest BCUT2D eigenvalue weighted by atomic mass is 32.1. The summed E-state index contributed by atoms with van der Waals surface area (Å²) >= 11 is 1.36. The summed E-state index contributed by atoms with van der Waals surface area (Å²) < 4.78 is 0. The molecule has 4 N–H and O–H groups in total. The average molecular weight is 346 g/mol. The molecule has 7 heteroatoms. The van der Waals surface area contributed by atoms with Gasteiger partial charge in [0, 0.05) is 23.6 Å². The SMILES string of the molecule is CCC(C)C(N)C(=O)Nc1nc(-c2ccc(NC(C)=O)cc2)cs1. The highest BCUT2D eigenvalue weighted by Crippen LogP contribution is 2.26. The summed E-state index contributed by atoms with van der Waals surface area (Å²) in [6.45, 7) is 5.42. The van der Waals surface area contributed by atoms with Gasteiger partial charge in [-0.1, -0.05) is 32.4 Å². The molecular formula is C17H22N4O2S. The topological polar surface area (TPSA) is 97.1 Å². The molecule has 1 aromatic carbocycles. The predicted molar refractivity (Wildman–Crippen MR) is 97.9 cm³/mol. The Kier molecular flexibility index (Phi) is 6.05. The molecule has 2 atom stereocenters. The van der Waals surface area contributed by atoms with Crippen LogP contribution in [0, 0.1) is 5.92 Å². The number of thiazole rings is 1. The summed E-state index contributed by atoms with van der Waals surface area (Å²) in [5, 5.41) is 7.89. The van der Waals surface area contributed by atoms with Gasteiger partial charge in [-0.05, 0) is 18.1 Å². The van der Waals surface area contributed by atoms with E-state index in [1.165, 1.54) is 18.3 Å². The van der Waals surface area contributed by atoms with Gasteiger partial charge in [0.15, 0.2) is 5.13 Å². The lowest BCUT2D eigenvalue weighted by molar-refractivity contribution is -0.118. The smallest absolute Gasteiger partial charge is 0.243 e. The lowest BCUT2D eigenvalue weighted by Crippen LogP contribution is -2.40. The number of benzene rings is 1. The molecule has 128 valence electrons. The van der Waals surface area contributed by atoms with Crippen LogP contribution in [0.1, 0.15) is 27.2 Å². The van der Waals surface area contributed by atoms with Crippen molar-refractivity contribution in [2.24, 2.45) is 11.7 Å². The van der Waals surface area contributed by atoms with Crippen LogP contribution in [0.4, 0.5) is 10.8 Å². The van der Waals surface area contributed by atoms with Crippen molar-refractivity contribution in [1.82, 2.24) is 4.98 Å². The van der Waals surface area contributed by atoms with E-state index in [1.807, 2.05) is 43.5 Å². The van der Waals surface area contributed by atoms with Crippen molar-refractivity contribution in [1.29, 1.82) is 0 Å². The van der Waals surface area contributed by atoms with E-state index in [4.69, 9.17) is 5.73 Å². The number of rotatable bonds is 6. The van der Waals surface area contributed by atoms with E-state index < -0.39 is 6.04 Å². The zero-order valence-electron chi connectivity index (χ0n) is 14.0. The van der Waals surface area contributed by atoms with Gasteiger partial charge in [-0.25, -0.2) is 4.98 Å². The van der Waals surface area contributed by atoms with Crippen molar-refractivity contribution < 1.29 is 9.59 Å². The van der Waals surface area contributed by atoms with Crippen LogP contribution in [0.5, 0.6) is 0 Å². The minimum atomic E-state index is -0.542. The van der Waals surface area contributed by atoms with Crippen molar-refractivity contribution in [3.63, 3.8) is 0 Å². The Bertz CT molecular complexity index is 712. The molecule has 0 fully saturated rings. The molecule has 2 unspecified atom stereocenters. The Balaban J connectivity index is 2.05. The van der Waals surface area contributed by atoms with Crippen LogP contribution in [0.2, 0.25) is 0 Å². The van der Waals surface area contributed by atoms with E-state index >= 15 is 0 Å². The second kappa shape index (κ2) is 8.03. The standard InChI is InChI=1S/C17H22N4O2S/c1-4-10(2)15(18)16(23)21-17-20-14(9-24-17)12-5-7-13(8-6-12)19-11(3)22/h5-10,15H,4,18H2,1-3H3,(H,19,22)(H,20,21,23). The summed E-state index contributed by atoms with van der Waals surface area (Å²) in [6, 6.07) is 6.83. The second-order valence-electron chi connectivity index (χ2n) is 5.70. The maximum atomic E-state index is 12.1. The van der Waals surface area contributed by atoms with Crippen molar-refractivity contribution >= 4 is 34.0 Å². The summed E-state index contributed by atoms with van der Waals surface area (Å²) in [7, 11) is 0. The number of hydrogen-bond donors (Lipinski definition) is 3. The normalized spacial score (nSPS) is 13.2. The molecule has 0 bridgehead atoms. The molecule has 2 amide bonds. The minimum absolute atomic E-state index is 0.112. The number of nitrogens with one attached hydrogen (secondary N) is 2. The molecule has 0 aliphatic heterocycles. The summed E-state index contributed by atoms with van der Waals surface area (Å²) in [4.78, 5) is 27.5. The van der Waals surface area contributed by atoms with E-state index in [0.717, 1.165) is 23.4 Å². The van der Waals surface area contributed by atoms with Crippen LogP contribution in [-0.4, -0.2) is 22.8 Å². The first-order valence-electron chi connectivity index (χ1n) is 7.80. The predicted octanol–water partition coefficient (Wildman–Crippen LogP) is 3.08. The second-order valence-corrected chi connectivity index (χ2v) is 6.56. The minimum Gasteiger partial charge on any atom is -0.326 e. The summed E-state index contributed by atoms with van der Waals surface area (Å²) in [6.07, 6.45) is 0.846. The molecular weight excluding hydrogens is 324 g/mol. The van der Waals surface area contributed by atoms with Crippen LogP contribution in [0.15, 0.2) is 29.6 Å². The zero-order chi connectivity index (χ0) is 17.7. The van der Waals surface area contributed by atoms with Crippen molar-refractivity contribution in [2.75, 3.05) is 10.6 Å². The first kappa shape index (κ1) is 18.1. The van der Waals surface area contributed by atoms with Gasteiger partial charge < -0.3 is 16.4 Å². The first-order valence-corrected chi connectivity index (χ1v) is 8.68. The third-order valence-electron chi connectivity index (χ3n) is 3.80. The summed E-state index contributed by atoms with van der Waals surface area (Å²) in [5.74, 6) is -0.212. The molecule has 0 saturated heterocycles. The Hall–Kier alpha value is -2.25. The molecule has 2 rings (SSSR count). The molecule has 1 heterocycles. The van der Waals surface area contributed by atoms with Gasteiger partial charge in [0.25, 0.3) is 0 Å². The molecule has 2 aromatic rings. The van der Waals surface area contributed by atoms with Gasteiger partial charge in [-0.2, -0.15) is 0 Å². The number of amides is 2. The van der Waals surface area contributed by atoms with Crippen molar-refractivity contribution in [3.8, 4) is 11.3 Å². The highest BCUT2D eigenvalue weighted by Gasteiger charge is 2.20. The largest absolute Gasteiger partial charge is 0.326 e. The lowest BCUT2D eigenvalue weighted by atomic mass is 10.00. The highest BCUT2D eigenvalue weighted by molar-refractivity contribution is 7.14. The van der Waals surface area contributed by atoms with Crippen LogP contribution in [0.3, 0.4) is 0 Å². The maximum absolute atomic E-state index is 12.1. The van der Waals surface area contributed by atoms with Crippen molar-refractivity contribution in [2.45, 2.75) is 33.2 Å². The number of nitrogens with two attached hydrogens (primary N) is 1. The Morgan fingerprint density at radius 2 is 1.92 bits per heavy atom. The number of carbonyl (C=O) groups excluding carboxylic acids is 2. The fourth-order valence-corrected chi connectivity index (χ4v) is 2.82. The fourth-order valence-electron chi connectivity index (χ4n) is 2.09. The Morgan fingerprint density at radius 3 is 2.50 bits per heavy atom. The molecule has 0 aliphatic carbocycles. The molecule has 0 spiro atoms. The van der Waals surface area contributed by atoms with E-state index in [9.17, 15) is 9.59 Å². The van der Waals surface area contributed by atoms with E-state index in [0.29, 0.717) is 5.13 Å². The lowest BCUT2D eigenvalue weighted by Gasteiger charge is -2.16. The maximum Gasteiger partial charge on any atom is 0.243 e. The van der Waals surface area contributed by atoms with Crippen molar-refractivity contribution in [3.05, 3.63) is 29.6 Å². The molecule has 24 heavy (non-hydrogen) atoms. The molecule has 0 aliphatic rings. The van der Waals surface area contributed by atoms with Gasteiger partial charge in [-0.15, -0.1) is 11.3 Å². The quantitative estimate of drug-likeness (QED) is 0.749.